The van der Waals surface area contributed by atoms with E-state index in [0.29, 0.717) is 13.1 Å². The molecule has 0 unspecified atom stereocenters. The van der Waals surface area contributed by atoms with Crippen LogP contribution in [-0.4, -0.2) is 40.0 Å². The van der Waals surface area contributed by atoms with Crippen LogP contribution >= 0.6 is 11.8 Å². The number of benzene rings is 1. The average Bonchev–Trinajstić information content (AvgIpc) is 2.61. The quantitative estimate of drug-likeness (QED) is 0.865. The summed E-state index contributed by atoms with van der Waals surface area (Å²) in [7, 11) is 0. The molecule has 3 rings (SSSR count). The van der Waals surface area contributed by atoms with Crippen molar-refractivity contribution < 1.29 is 9.59 Å². The highest BCUT2D eigenvalue weighted by molar-refractivity contribution is 8.00. The lowest BCUT2D eigenvalue weighted by atomic mass is 9.97. The molecule has 126 valence electrons. The predicted octanol–water partition coefficient (Wildman–Crippen LogP) is 2.44. The molecule has 1 fully saturated rings. The Labute approximate surface area is 145 Å². The van der Waals surface area contributed by atoms with Crippen molar-refractivity contribution in [2.45, 2.75) is 29.9 Å². The zero-order valence-corrected chi connectivity index (χ0v) is 14.5. The van der Waals surface area contributed by atoms with E-state index in [1.165, 1.54) is 11.8 Å². The fraction of sp³-hybridized carbons (Fsp3) is 0.389. The van der Waals surface area contributed by atoms with Gasteiger partial charge in [-0.3, -0.25) is 14.6 Å². The van der Waals surface area contributed by atoms with E-state index in [2.05, 4.69) is 4.98 Å². The molecule has 0 bridgehead atoms. The molecule has 2 amide bonds. The molecule has 2 N–H and O–H groups in total. The van der Waals surface area contributed by atoms with Crippen molar-refractivity contribution in [1.29, 1.82) is 0 Å². The Kier molecular flexibility index (Phi) is 5.04. The zero-order valence-electron chi connectivity index (χ0n) is 13.6. The minimum absolute atomic E-state index is 0.0545. The summed E-state index contributed by atoms with van der Waals surface area (Å²) in [6.45, 7) is 3.04. The summed E-state index contributed by atoms with van der Waals surface area (Å²) < 4.78 is 0. The highest BCUT2D eigenvalue weighted by Crippen LogP contribution is 2.31. The molecule has 24 heavy (non-hydrogen) atoms. The summed E-state index contributed by atoms with van der Waals surface area (Å²) >= 11 is 1.51. The number of nitrogens with zero attached hydrogens (tertiary/aromatic N) is 2. The van der Waals surface area contributed by atoms with Gasteiger partial charge in [-0.05, 0) is 31.9 Å². The van der Waals surface area contributed by atoms with Crippen molar-refractivity contribution in [2.24, 2.45) is 11.7 Å². The summed E-state index contributed by atoms with van der Waals surface area (Å²) in [5.41, 5.74) is 6.32. The number of para-hydroxylation sites is 1. The van der Waals surface area contributed by atoms with E-state index in [4.69, 9.17) is 5.73 Å². The molecule has 0 saturated carbocycles. The van der Waals surface area contributed by atoms with Gasteiger partial charge in [0.2, 0.25) is 11.8 Å². The molecular weight excluding hydrogens is 322 g/mol. The monoisotopic (exact) mass is 343 g/mol. The van der Waals surface area contributed by atoms with E-state index in [1.807, 2.05) is 37.3 Å². The van der Waals surface area contributed by atoms with Gasteiger partial charge in [0.25, 0.3) is 0 Å². The maximum atomic E-state index is 12.7. The Morgan fingerprint density at radius 1 is 1.33 bits per heavy atom. The van der Waals surface area contributed by atoms with Gasteiger partial charge in [0.1, 0.15) is 0 Å². The standard InChI is InChI=1S/C18H21N3O2S/c1-12(18(23)21-10-4-7-14(11-21)17(19)22)24-15-8-2-5-13-6-3-9-20-16(13)15/h2-3,5-6,8-9,12,14H,4,7,10-11H2,1H3,(H2,19,22)/t12-,14+/m1/s1. The van der Waals surface area contributed by atoms with E-state index < -0.39 is 0 Å². The first-order valence-electron chi connectivity index (χ1n) is 8.15. The zero-order chi connectivity index (χ0) is 17.1. The average molecular weight is 343 g/mol. The van der Waals surface area contributed by atoms with Crippen molar-refractivity contribution in [3.8, 4) is 0 Å². The molecule has 0 radical (unpaired) electrons. The molecule has 1 aliphatic rings. The van der Waals surface area contributed by atoms with E-state index in [-0.39, 0.29) is 23.0 Å². The van der Waals surface area contributed by atoms with Gasteiger partial charge < -0.3 is 10.6 Å². The Balaban J connectivity index is 1.73. The molecule has 1 saturated heterocycles. The van der Waals surface area contributed by atoms with Gasteiger partial charge in [0, 0.05) is 29.6 Å². The number of aromatic nitrogens is 1. The fourth-order valence-corrected chi connectivity index (χ4v) is 4.15. The molecule has 2 aromatic rings. The van der Waals surface area contributed by atoms with Gasteiger partial charge in [0.05, 0.1) is 16.7 Å². The summed E-state index contributed by atoms with van der Waals surface area (Å²) in [5.74, 6) is -0.482. The first-order chi connectivity index (χ1) is 11.6. The van der Waals surface area contributed by atoms with Gasteiger partial charge in [-0.25, -0.2) is 0 Å². The summed E-state index contributed by atoms with van der Waals surface area (Å²) in [6, 6.07) is 9.91. The van der Waals surface area contributed by atoms with Gasteiger partial charge in [0.15, 0.2) is 0 Å². The predicted molar refractivity (Wildman–Crippen MR) is 95.6 cm³/mol. The van der Waals surface area contributed by atoms with Crippen molar-refractivity contribution in [2.75, 3.05) is 13.1 Å². The molecule has 2 atom stereocenters. The number of nitrogens with two attached hydrogens (primary N) is 1. The summed E-state index contributed by atoms with van der Waals surface area (Å²) in [6.07, 6.45) is 3.36. The number of piperidine rings is 1. The van der Waals surface area contributed by atoms with E-state index in [0.717, 1.165) is 28.6 Å². The van der Waals surface area contributed by atoms with Crippen LogP contribution in [0.5, 0.6) is 0 Å². The number of amides is 2. The molecule has 5 nitrogen and oxygen atoms in total. The SMILES string of the molecule is C[C@@H](Sc1cccc2cccnc12)C(=O)N1CCC[C@H](C(N)=O)C1. The third kappa shape index (κ3) is 3.53. The van der Waals surface area contributed by atoms with E-state index in [9.17, 15) is 9.59 Å². The number of pyridine rings is 1. The highest BCUT2D eigenvalue weighted by atomic mass is 32.2. The maximum Gasteiger partial charge on any atom is 0.235 e. The van der Waals surface area contributed by atoms with Crippen LogP contribution in [0, 0.1) is 5.92 Å². The van der Waals surface area contributed by atoms with Crippen molar-refractivity contribution in [1.82, 2.24) is 9.88 Å². The first-order valence-corrected chi connectivity index (χ1v) is 9.02. The molecule has 1 aromatic heterocycles. The van der Waals surface area contributed by atoms with Crippen LogP contribution in [-0.2, 0) is 9.59 Å². The highest BCUT2D eigenvalue weighted by Gasteiger charge is 2.29. The van der Waals surface area contributed by atoms with Crippen LogP contribution in [0.4, 0.5) is 0 Å². The minimum Gasteiger partial charge on any atom is -0.369 e. The van der Waals surface area contributed by atoms with Crippen LogP contribution < -0.4 is 5.73 Å². The Morgan fingerprint density at radius 2 is 2.12 bits per heavy atom. The van der Waals surface area contributed by atoms with Crippen LogP contribution in [0.3, 0.4) is 0 Å². The van der Waals surface area contributed by atoms with E-state index >= 15 is 0 Å². The molecule has 0 aliphatic carbocycles. The number of primary amides is 1. The number of hydrogen-bond donors (Lipinski definition) is 1. The topological polar surface area (TPSA) is 76.3 Å². The molecule has 1 aromatic carbocycles. The number of likely N-dealkylation sites (tertiary alicyclic amines) is 1. The number of carbonyl (C=O) groups is 2. The van der Waals surface area contributed by atoms with Gasteiger partial charge >= 0.3 is 0 Å². The Morgan fingerprint density at radius 3 is 2.92 bits per heavy atom. The largest absolute Gasteiger partial charge is 0.369 e. The number of hydrogen-bond acceptors (Lipinski definition) is 4. The molecule has 6 heteroatoms. The number of rotatable bonds is 4. The van der Waals surface area contributed by atoms with Crippen molar-refractivity contribution >= 4 is 34.5 Å². The van der Waals surface area contributed by atoms with Crippen molar-refractivity contribution in [3.05, 3.63) is 36.5 Å². The third-order valence-electron chi connectivity index (χ3n) is 4.38. The Bertz CT molecular complexity index is 760. The second-order valence-corrected chi connectivity index (χ2v) is 7.50. The number of fused-ring (bicyclic) bond motifs is 1. The molecular formula is C18H21N3O2S. The number of carbonyl (C=O) groups excluding carboxylic acids is 2. The van der Waals surface area contributed by atoms with E-state index in [1.54, 1.807) is 11.1 Å². The van der Waals surface area contributed by atoms with Crippen LogP contribution in [0.15, 0.2) is 41.4 Å². The van der Waals surface area contributed by atoms with Crippen molar-refractivity contribution in [3.63, 3.8) is 0 Å². The lowest BCUT2D eigenvalue weighted by Gasteiger charge is -2.32. The van der Waals surface area contributed by atoms with Gasteiger partial charge in [-0.15, -0.1) is 11.8 Å². The normalized spacial score (nSPS) is 19.2. The lowest BCUT2D eigenvalue weighted by molar-refractivity contribution is -0.134. The fourth-order valence-electron chi connectivity index (χ4n) is 3.08. The summed E-state index contributed by atoms with van der Waals surface area (Å²) in [4.78, 5) is 31.3. The lowest BCUT2D eigenvalue weighted by Crippen LogP contribution is -2.46. The maximum absolute atomic E-state index is 12.7. The van der Waals surface area contributed by atoms with Crippen LogP contribution in [0.1, 0.15) is 19.8 Å². The second-order valence-electron chi connectivity index (χ2n) is 6.12. The summed E-state index contributed by atoms with van der Waals surface area (Å²) in [5, 5.41) is 0.832. The molecule has 2 heterocycles. The van der Waals surface area contributed by atoms with Gasteiger partial charge in [-0.1, -0.05) is 18.2 Å². The third-order valence-corrected chi connectivity index (χ3v) is 5.52. The number of thioether (sulfide) groups is 1. The molecule has 0 spiro atoms. The first kappa shape index (κ1) is 16.8. The Hall–Kier alpha value is -2.08. The van der Waals surface area contributed by atoms with Gasteiger partial charge in [-0.2, -0.15) is 0 Å². The van der Waals surface area contributed by atoms with Crippen LogP contribution in [0.25, 0.3) is 10.9 Å². The smallest absolute Gasteiger partial charge is 0.235 e. The van der Waals surface area contributed by atoms with Crippen LogP contribution in [0.2, 0.25) is 0 Å². The minimum atomic E-state index is -0.314. The second kappa shape index (κ2) is 7.21. The molecule has 1 aliphatic heterocycles.